The lowest BCUT2D eigenvalue weighted by atomic mass is 10.1. The number of H-pyrrole nitrogens is 1. The summed E-state index contributed by atoms with van der Waals surface area (Å²) in [4.78, 5) is 25.9. The molecule has 1 aliphatic carbocycles. The molecule has 2 N–H and O–H groups in total. The van der Waals surface area contributed by atoms with E-state index < -0.39 is 0 Å². The normalized spacial score (nSPS) is 15.8. The predicted molar refractivity (Wildman–Crippen MR) is 136 cm³/mol. The van der Waals surface area contributed by atoms with Gasteiger partial charge >= 0.3 is 0 Å². The number of aromatic amines is 1. The number of benzene rings is 2. The van der Waals surface area contributed by atoms with E-state index in [1.165, 1.54) is 0 Å². The fourth-order valence-electron chi connectivity index (χ4n) is 4.43. The van der Waals surface area contributed by atoms with Gasteiger partial charge in [0.2, 0.25) is 5.91 Å². The summed E-state index contributed by atoms with van der Waals surface area (Å²) < 4.78 is 0. The summed E-state index contributed by atoms with van der Waals surface area (Å²) >= 11 is 0. The predicted octanol–water partition coefficient (Wildman–Crippen LogP) is 4.33. The van der Waals surface area contributed by atoms with Crippen molar-refractivity contribution in [1.29, 1.82) is 0 Å². The van der Waals surface area contributed by atoms with Gasteiger partial charge in [-0.2, -0.15) is 5.10 Å². The van der Waals surface area contributed by atoms with Crippen LogP contribution in [0.4, 0.5) is 17.2 Å². The molecule has 6 rings (SSSR count). The maximum absolute atomic E-state index is 12.1. The molecule has 1 aliphatic heterocycles. The summed E-state index contributed by atoms with van der Waals surface area (Å²) in [5, 5.41) is 11.0. The van der Waals surface area contributed by atoms with Crippen LogP contribution in [0.1, 0.15) is 20.3 Å². The SMILES string of the molecule is C.O=C(Nc1cccc(N2CCN(c3ncnc4ccc(-c5cn[nH]c5)cc34)CC2)c1)C1CC1. The zero-order chi connectivity index (χ0) is 22.2. The molecule has 3 heterocycles. The number of amides is 1. The third-order valence-corrected chi connectivity index (χ3v) is 6.45. The van der Waals surface area contributed by atoms with E-state index in [9.17, 15) is 4.79 Å². The van der Waals surface area contributed by atoms with Gasteiger partial charge in [0.25, 0.3) is 0 Å². The highest BCUT2D eigenvalue weighted by atomic mass is 16.2. The molecule has 2 aromatic carbocycles. The number of hydrogen-bond acceptors (Lipinski definition) is 6. The van der Waals surface area contributed by atoms with Gasteiger partial charge in [-0.1, -0.05) is 19.6 Å². The molecular weight excluding hydrogens is 426 g/mol. The molecule has 0 atom stereocenters. The van der Waals surface area contributed by atoms with Gasteiger partial charge in [-0.25, -0.2) is 9.97 Å². The summed E-state index contributed by atoms with van der Waals surface area (Å²) in [5.74, 6) is 1.31. The van der Waals surface area contributed by atoms with Crippen molar-refractivity contribution in [1.82, 2.24) is 20.2 Å². The van der Waals surface area contributed by atoms with Crippen molar-refractivity contribution in [2.45, 2.75) is 20.3 Å². The summed E-state index contributed by atoms with van der Waals surface area (Å²) in [6.07, 6.45) is 7.38. The Hall–Kier alpha value is -3.94. The molecule has 1 amide bonds. The molecule has 8 heteroatoms. The van der Waals surface area contributed by atoms with Crippen molar-refractivity contribution in [3.63, 3.8) is 0 Å². The van der Waals surface area contributed by atoms with E-state index in [-0.39, 0.29) is 19.3 Å². The molecule has 0 bridgehead atoms. The summed E-state index contributed by atoms with van der Waals surface area (Å²) in [5.41, 5.74) is 5.09. The summed E-state index contributed by atoms with van der Waals surface area (Å²) in [7, 11) is 0. The van der Waals surface area contributed by atoms with Crippen LogP contribution in [0.2, 0.25) is 0 Å². The molecule has 8 nitrogen and oxygen atoms in total. The third-order valence-electron chi connectivity index (χ3n) is 6.45. The molecule has 0 spiro atoms. The first-order valence-electron chi connectivity index (χ1n) is 11.4. The molecule has 4 aromatic rings. The molecular formula is C26H29N7O. The number of carbonyl (C=O) groups is 1. The topological polar surface area (TPSA) is 90.0 Å². The van der Waals surface area contributed by atoms with E-state index in [0.717, 1.165) is 78.2 Å². The molecule has 0 radical (unpaired) electrons. The average molecular weight is 456 g/mol. The maximum Gasteiger partial charge on any atom is 0.227 e. The second kappa shape index (κ2) is 9.13. The van der Waals surface area contributed by atoms with Crippen molar-refractivity contribution in [2.75, 3.05) is 41.3 Å². The number of nitrogens with one attached hydrogen (secondary N) is 2. The van der Waals surface area contributed by atoms with Crippen LogP contribution in [-0.2, 0) is 4.79 Å². The number of aromatic nitrogens is 4. The Morgan fingerprint density at radius 2 is 1.79 bits per heavy atom. The van der Waals surface area contributed by atoms with Crippen molar-refractivity contribution in [3.05, 3.63) is 61.2 Å². The van der Waals surface area contributed by atoms with Gasteiger partial charge in [0.1, 0.15) is 12.1 Å². The summed E-state index contributed by atoms with van der Waals surface area (Å²) in [6, 6.07) is 14.4. The molecule has 0 unspecified atom stereocenters. The molecule has 2 aliphatic rings. The zero-order valence-corrected chi connectivity index (χ0v) is 18.2. The monoisotopic (exact) mass is 455 g/mol. The van der Waals surface area contributed by atoms with E-state index in [2.05, 4.69) is 59.5 Å². The minimum atomic E-state index is 0. The highest BCUT2D eigenvalue weighted by Gasteiger charge is 2.29. The van der Waals surface area contributed by atoms with Crippen LogP contribution in [0.25, 0.3) is 22.0 Å². The van der Waals surface area contributed by atoms with Crippen LogP contribution >= 0.6 is 0 Å². The highest BCUT2D eigenvalue weighted by Crippen LogP contribution is 2.32. The number of piperazine rings is 1. The van der Waals surface area contributed by atoms with Gasteiger partial charge in [0.05, 0.1) is 11.7 Å². The number of carbonyl (C=O) groups excluding carboxylic acids is 1. The first-order chi connectivity index (χ1) is 16.2. The van der Waals surface area contributed by atoms with Crippen LogP contribution < -0.4 is 15.1 Å². The molecule has 2 aromatic heterocycles. The number of fused-ring (bicyclic) bond motifs is 1. The lowest BCUT2D eigenvalue weighted by Gasteiger charge is -2.37. The van der Waals surface area contributed by atoms with Crippen LogP contribution in [0.15, 0.2) is 61.2 Å². The first kappa shape index (κ1) is 21.9. The van der Waals surface area contributed by atoms with E-state index >= 15 is 0 Å². The number of anilines is 3. The molecule has 2 fully saturated rings. The van der Waals surface area contributed by atoms with Crippen molar-refractivity contribution >= 4 is 34.0 Å². The maximum atomic E-state index is 12.1. The largest absolute Gasteiger partial charge is 0.368 e. The minimum Gasteiger partial charge on any atom is -0.368 e. The van der Waals surface area contributed by atoms with Crippen LogP contribution in [0.3, 0.4) is 0 Å². The molecule has 1 saturated carbocycles. The number of nitrogens with zero attached hydrogens (tertiary/aromatic N) is 5. The van der Waals surface area contributed by atoms with Crippen molar-refractivity contribution in [2.24, 2.45) is 5.92 Å². The number of rotatable bonds is 5. The second-order valence-corrected chi connectivity index (χ2v) is 8.70. The minimum absolute atomic E-state index is 0. The third kappa shape index (κ3) is 4.31. The Labute approximate surface area is 199 Å². The fraction of sp³-hybridized carbons (Fsp3) is 0.308. The van der Waals surface area contributed by atoms with Gasteiger partial charge in [-0.3, -0.25) is 9.89 Å². The van der Waals surface area contributed by atoms with Gasteiger partial charge in [0, 0.05) is 60.6 Å². The lowest BCUT2D eigenvalue weighted by Crippen LogP contribution is -2.47. The number of hydrogen-bond donors (Lipinski definition) is 2. The van der Waals surface area contributed by atoms with Crippen LogP contribution in [0, 0.1) is 5.92 Å². The smallest absolute Gasteiger partial charge is 0.227 e. The van der Waals surface area contributed by atoms with Crippen LogP contribution in [-0.4, -0.2) is 52.3 Å². The molecule has 1 saturated heterocycles. The van der Waals surface area contributed by atoms with E-state index in [1.54, 1.807) is 6.33 Å². The van der Waals surface area contributed by atoms with Crippen molar-refractivity contribution < 1.29 is 4.79 Å². The van der Waals surface area contributed by atoms with Crippen molar-refractivity contribution in [3.8, 4) is 11.1 Å². The average Bonchev–Trinajstić information content (AvgIpc) is 3.58. The van der Waals surface area contributed by atoms with Gasteiger partial charge < -0.3 is 15.1 Å². The fourth-order valence-corrected chi connectivity index (χ4v) is 4.43. The molecule has 174 valence electrons. The highest BCUT2D eigenvalue weighted by molar-refractivity contribution is 5.94. The second-order valence-electron chi connectivity index (χ2n) is 8.70. The Balaban J connectivity index is 0.00000241. The summed E-state index contributed by atoms with van der Waals surface area (Å²) in [6.45, 7) is 3.49. The Bertz CT molecular complexity index is 1290. The van der Waals surface area contributed by atoms with Crippen LogP contribution in [0.5, 0.6) is 0 Å². The Morgan fingerprint density at radius 3 is 2.56 bits per heavy atom. The quantitative estimate of drug-likeness (QED) is 0.466. The van der Waals surface area contributed by atoms with E-state index in [1.807, 2.05) is 30.6 Å². The van der Waals surface area contributed by atoms with Gasteiger partial charge in [0.15, 0.2) is 0 Å². The Morgan fingerprint density at radius 1 is 0.971 bits per heavy atom. The lowest BCUT2D eigenvalue weighted by molar-refractivity contribution is -0.117. The first-order valence-corrected chi connectivity index (χ1v) is 11.4. The van der Waals surface area contributed by atoms with Gasteiger partial charge in [-0.05, 0) is 48.7 Å². The van der Waals surface area contributed by atoms with E-state index in [0.29, 0.717) is 0 Å². The van der Waals surface area contributed by atoms with Gasteiger partial charge in [-0.15, -0.1) is 0 Å². The molecule has 34 heavy (non-hydrogen) atoms. The standard InChI is InChI=1S/C25H25N7O.CH4/c33-25(17-4-5-17)30-20-2-1-3-21(13-20)31-8-10-32(11-9-31)24-22-12-18(19-14-28-29-15-19)6-7-23(22)26-16-27-24;/h1-3,6-7,12-17H,4-5,8-11H2,(H,28,29)(H,30,33);1H4. The van der Waals surface area contributed by atoms with E-state index in [4.69, 9.17) is 0 Å². The Kier molecular flexibility index (Phi) is 5.88. The zero-order valence-electron chi connectivity index (χ0n) is 18.2.